The van der Waals surface area contributed by atoms with Crippen molar-refractivity contribution in [1.82, 2.24) is 9.97 Å². The number of hydrogen-bond donors (Lipinski definition) is 1. The van der Waals surface area contributed by atoms with Crippen LogP contribution in [-0.4, -0.2) is 35.1 Å². The van der Waals surface area contributed by atoms with Gasteiger partial charge in [0.1, 0.15) is 11.6 Å². The summed E-state index contributed by atoms with van der Waals surface area (Å²) in [5.74, 6) is -1.92. The minimum Gasteiger partial charge on any atom is -0.475 e. The Morgan fingerprint density at radius 2 is 1.91 bits per heavy atom. The third-order valence-corrected chi connectivity index (χ3v) is 2.72. The largest absolute Gasteiger partial charge is 0.475 e. The number of carboxylic acid groups (broad SMARTS) is 1. The number of rotatable bonds is 4. The lowest BCUT2D eigenvalue weighted by molar-refractivity contribution is -0.137. The second-order valence-corrected chi connectivity index (χ2v) is 4.72. The summed E-state index contributed by atoms with van der Waals surface area (Å²) >= 11 is 0. The molecule has 9 heteroatoms. The maximum atomic E-state index is 12.7. The van der Waals surface area contributed by atoms with Crippen molar-refractivity contribution in [2.45, 2.75) is 6.18 Å². The molecule has 6 nitrogen and oxygen atoms in total. The molecule has 0 saturated heterocycles. The molecule has 0 aliphatic heterocycles. The van der Waals surface area contributed by atoms with Crippen molar-refractivity contribution in [2.24, 2.45) is 0 Å². The zero-order valence-corrected chi connectivity index (χ0v) is 12.1. The van der Waals surface area contributed by atoms with Crippen molar-refractivity contribution in [3.05, 3.63) is 41.7 Å². The molecule has 1 N–H and O–H groups in total. The number of carbonyl (C=O) groups is 1. The third kappa shape index (κ3) is 4.09. The van der Waals surface area contributed by atoms with Crippen LogP contribution in [0.3, 0.4) is 0 Å². The summed E-state index contributed by atoms with van der Waals surface area (Å²) in [7, 11) is 3.25. The van der Waals surface area contributed by atoms with Gasteiger partial charge >= 0.3 is 12.1 Å². The Labute approximate surface area is 129 Å². The predicted molar refractivity (Wildman–Crippen MR) is 74.8 cm³/mol. The van der Waals surface area contributed by atoms with Crippen LogP contribution >= 0.6 is 0 Å². The summed E-state index contributed by atoms with van der Waals surface area (Å²) in [5, 5.41) is 8.98. The zero-order chi connectivity index (χ0) is 17.2. The Morgan fingerprint density at radius 1 is 1.22 bits per heavy atom. The molecule has 1 aromatic heterocycles. The molecule has 2 rings (SSSR count). The van der Waals surface area contributed by atoms with E-state index in [0.717, 1.165) is 12.1 Å². The molecule has 1 aromatic carbocycles. The lowest BCUT2D eigenvalue weighted by Gasteiger charge is -2.14. The average molecular weight is 327 g/mol. The molecule has 0 amide bonds. The van der Waals surface area contributed by atoms with Crippen molar-refractivity contribution in [3.63, 3.8) is 0 Å². The minimum atomic E-state index is -4.51. The van der Waals surface area contributed by atoms with Crippen LogP contribution < -0.4 is 9.64 Å². The number of ether oxygens (including phenoxy) is 1. The number of hydrogen-bond acceptors (Lipinski definition) is 5. The molecule has 0 atom stereocenters. The normalized spacial score (nSPS) is 11.2. The van der Waals surface area contributed by atoms with E-state index < -0.39 is 23.5 Å². The zero-order valence-electron chi connectivity index (χ0n) is 12.1. The number of aromatic carboxylic acids is 1. The summed E-state index contributed by atoms with van der Waals surface area (Å²) in [6, 6.07) is 5.53. The Bertz CT molecular complexity index is 733. The van der Waals surface area contributed by atoms with E-state index in [4.69, 9.17) is 9.84 Å². The van der Waals surface area contributed by atoms with Gasteiger partial charge in [0, 0.05) is 20.2 Å². The SMILES string of the molecule is CN(C)c1cc(Oc2cccc(C(F)(F)F)c2)nc(C(=O)O)n1. The smallest absolute Gasteiger partial charge is 0.416 e. The Balaban J connectivity index is 2.38. The topological polar surface area (TPSA) is 75.5 Å². The molecule has 0 unspecified atom stereocenters. The van der Waals surface area contributed by atoms with Crippen LogP contribution in [0.4, 0.5) is 19.0 Å². The standard InChI is InChI=1S/C14H12F3N3O3/c1-20(2)10-7-11(19-12(18-10)13(21)22)23-9-5-3-4-8(6-9)14(15,16)17/h3-7H,1-2H3,(H,21,22). The summed E-state index contributed by atoms with van der Waals surface area (Å²) in [6.07, 6.45) is -4.51. The fourth-order valence-electron chi connectivity index (χ4n) is 1.65. The molecule has 0 spiro atoms. The van der Waals surface area contributed by atoms with E-state index in [1.165, 1.54) is 23.1 Å². The molecular weight excluding hydrogens is 315 g/mol. The molecule has 23 heavy (non-hydrogen) atoms. The fourth-order valence-corrected chi connectivity index (χ4v) is 1.65. The van der Waals surface area contributed by atoms with E-state index in [1.54, 1.807) is 14.1 Å². The van der Waals surface area contributed by atoms with Gasteiger partial charge in [-0.05, 0) is 18.2 Å². The lowest BCUT2D eigenvalue weighted by Crippen LogP contribution is -2.14. The van der Waals surface area contributed by atoms with Crippen molar-refractivity contribution in [3.8, 4) is 11.6 Å². The molecule has 0 fully saturated rings. The highest BCUT2D eigenvalue weighted by Gasteiger charge is 2.30. The summed E-state index contributed by atoms with van der Waals surface area (Å²) in [4.78, 5) is 20.0. The highest BCUT2D eigenvalue weighted by molar-refractivity contribution is 5.83. The first kappa shape index (κ1) is 16.5. The molecule has 0 aliphatic carbocycles. The summed E-state index contributed by atoms with van der Waals surface area (Å²) in [5.41, 5.74) is -0.879. The number of alkyl halides is 3. The molecule has 122 valence electrons. The molecule has 0 bridgehead atoms. The quantitative estimate of drug-likeness (QED) is 0.930. The van der Waals surface area contributed by atoms with E-state index in [9.17, 15) is 18.0 Å². The van der Waals surface area contributed by atoms with E-state index in [1.807, 2.05) is 0 Å². The first-order chi connectivity index (χ1) is 10.7. The number of halogens is 3. The number of aromatic nitrogens is 2. The van der Waals surface area contributed by atoms with Crippen LogP contribution in [0.5, 0.6) is 11.6 Å². The van der Waals surface area contributed by atoms with Crippen LogP contribution in [-0.2, 0) is 6.18 Å². The molecule has 1 heterocycles. The predicted octanol–water partition coefficient (Wildman–Crippen LogP) is 3.05. The van der Waals surface area contributed by atoms with Gasteiger partial charge in [0.05, 0.1) is 5.56 Å². The van der Waals surface area contributed by atoms with Gasteiger partial charge in [-0.3, -0.25) is 0 Å². The average Bonchev–Trinajstić information content (AvgIpc) is 2.46. The second kappa shape index (κ2) is 6.11. The van der Waals surface area contributed by atoms with Crippen molar-refractivity contribution in [2.75, 3.05) is 19.0 Å². The summed E-state index contributed by atoms with van der Waals surface area (Å²) < 4.78 is 43.3. The fraction of sp³-hybridized carbons (Fsp3) is 0.214. The van der Waals surface area contributed by atoms with E-state index >= 15 is 0 Å². The van der Waals surface area contributed by atoms with Crippen molar-refractivity contribution < 1.29 is 27.8 Å². The Morgan fingerprint density at radius 3 is 2.48 bits per heavy atom. The number of carboxylic acids is 1. The van der Waals surface area contributed by atoms with E-state index in [0.29, 0.717) is 0 Å². The van der Waals surface area contributed by atoms with Crippen LogP contribution in [0, 0.1) is 0 Å². The third-order valence-electron chi connectivity index (χ3n) is 2.72. The van der Waals surface area contributed by atoms with Gasteiger partial charge in [-0.1, -0.05) is 6.07 Å². The van der Waals surface area contributed by atoms with Crippen LogP contribution in [0.2, 0.25) is 0 Å². The second-order valence-electron chi connectivity index (χ2n) is 4.72. The van der Waals surface area contributed by atoms with Crippen molar-refractivity contribution in [1.29, 1.82) is 0 Å². The first-order valence-electron chi connectivity index (χ1n) is 6.31. The minimum absolute atomic E-state index is 0.112. The summed E-state index contributed by atoms with van der Waals surface area (Å²) in [6.45, 7) is 0. The van der Waals surface area contributed by atoms with Gasteiger partial charge in [-0.25, -0.2) is 9.78 Å². The van der Waals surface area contributed by atoms with Gasteiger partial charge in [0.2, 0.25) is 11.7 Å². The first-order valence-corrected chi connectivity index (χ1v) is 6.31. The molecule has 0 aliphatic rings. The van der Waals surface area contributed by atoms with E-state index in [2.05, 4.69) is 9.97 Å². The Hall–Kier alpha value is -2.84. The van der Waals surface area contributed by atoms with Gasteiger partial charge < -0.3 is 14.7 Å². The monoisotopic (exact) mass is 327 g/mol. The number of benzene rings is 1. The maximum Gasteiger partial charge on any atom is 0.416 e. The highest BCUT2D eigenvalue weighted by Crippen LogP contribution is 2.32. The van der Waals surface area contributed by atoms with Gasteiger partial charge in [0.15, 0.2) is 0 Å². The molecule has 0 saturated carbocycles. The Kier molecular flexibility index (Phi) is 4.39. The number of nitrogens with zero attached hydrogens (tertiary/aromatic N) is 3. The van der Waals surface area contributed by atoms with Crippen molar-refractivity contribution >= 4 is 11.8 Å². The van der Waals surface area contributed by atoms with Gasteiger partial charge in [0.25, 0.3) is 0 Å². The van der Waals surface area contributed by atoms with Gasteiger partial charge in [-0.15, -0.1) is 0 Å². The molecular formula is C14H12F3N3O3. The molecule has 2 aromatic rings. The van der Waals surface area contributed by atoms with Crippen LogP contribution in [0.25, 0.3) is 0 Å². The molecule has 0 radical (unpaired) electrons. The maximum absolute atomic E-state index is 12.7. The lowest BCUT2D eigenvalue weighted by atomic mass is 10.2. The van der Waals surface area contributed by atoms with Crippen LogP contribution in [0.1, 0.15) is 16.2 Å². The van der Waals surface area contributed by atoms with E-state index in [-0.39, 0.29) is 17.4 Å². The number of anilines is 1. The van der Waals surface area contributed by atoms with Crippen LogP contribution in [0.15, 0.2) is 30.3 Å². The van der Waals surface area contributed by atoms with Gasteiger partial charge in [-0.2, -0.15) is 18.2 Å². The highest BCUT2D eigenvalue weighted by atomic mass is 19.4.